The van der Waals surface area contributed by atoms with E-state index in [-0.39, 0.29) is 0 Å². The summed E-state index contributed by atoms with van der Waals surface area (Å²) >= 11 is 0. The first-order valence-corrected chi connectivity index (χ1v) is 10.7. The number of ether oxygens (including phenoxy) is 1. The molecular weight excluding hydrogens is 384 g/mol. The number of hydrogen-bond donors (Lipinski definition) is 0. The summed E-state index contributed by atoms with van der Waals surface area (Å²) in [5, 5.41) is 1.14. The lowest BCUT2D eigenvalue weighted by molar-refractivity contribution is 0.250. The van der Waals surface area contributed by atoms with E-state index in [4.69, 9.17) is 9.72 Å². The molecule has 0 amide bonds. The van der Waals surface area contributed by atoms with Crippen molar-refractivity contribution in [3.63, 3.8) is 0 Å². The number of aromatic nitrogens is 2. The molecule has 31 heavy (non-hydrogen) atoms. The maximum absolute atomic E-state index is 5.35. The van der Waals surface area contributed by atoms with Gasteiger partial charge in [-0.25, -0.2) is 4.98 Å². The molecule has 0 bridgehead atoms. The molecule has 0 unspecified atom stereocenters. The van der Waals surface area contributed by atoms with Crippen LogP contribution in [-0.4, -0.2) is 48.2 Å². The first kappa shape index (κ1) is 19.5. The largest absolute Gasteiger partial charge is 0.481 e. The second-order valence-corrected chi connectivity index (χ2v) is 7.91. The van der Waals surface area contributed by atoms with Crippen molar-refractivity contribution in [3.05, 3.63) is 84.7 Å². The number of rotatable bonds is 5. The molecule has 2 aromatic heterocycles. The highest BCUT2D eigenvalue weighted by Crippen LogP contribution is 2.28. The van der Waals surface area contributed by atoms with E-state index in [1.807, 2.05) is 24.5 Å². The highest BCUT2D eigenvalue weighted by Gasteiger charge is 2.20. The summed E-state index contributed by atoms with van der Waals surface area (Å²) in [4.78, 5) is 14.1. The van der Waals surface area contributed by atoms with Gasteiger partial charge in [-0.05, 0) is 29.3 Å². The highest BCUT2D eigenvalue weighted by atomic mass is 16.5. The Morgan fingerprint density at radius 1 is 0.839 bits per heavy atom. The van der Waals surface area contributed by atoms with E-state index >= 15 is 0 Å². The van der Waals surface area contributed by atoms with E-state index in [1.165, 1.54) is 22.4 Å². The maximum Gasteiger partial charge on any atom is 0.213 e. The molecule has 0 aliphatic carbocycles. The smallest absolute Gasteiger partial charge is 0.213 e. The number of anilines is 1. The van der Waals surface area contributed by atoms with Gasteiger partial charge in [-0.2, -0.15) is 0 Å². The zero-order chi connectivity index (χ0) is 21.0. The second-order valence-electron chi connectivity index (χ2n) is 7.91. The van der Waals surface area contributed by atoms with Crippen LogP contribution in [0, 0.1) is 0 Å². The molecule has 5 rings (SSSR count). The lowest BCUT2D eigenvalue weighted by Crippen LogP contribution is -2.46. The summed E-state index contributed by atoms with van der Waals surface area (Å²) < 4.78 is 5.35. The molecule has 0 atom stereocenters. The fourth-order valence-electron chi connectivity index (χ4n) is 4.25. The molecule has 0 saturated carbocycles. The van der Waals surface area contributed by atoms with Crippen molar-refractivity contribution in [3.8, 4) is 17.0 Å². The lowest BCUT2D eigenvalue weighted by Gasteiger charge is -2.36. The fraction of sp³-hybridized carbons (Fsp3) is 0.231. The van der Waals surface area contributed by atoms with Gasteiger partial charge in [-0.15, -0.1) is 0 Å². The standard InChI is InChI=1S/C26H26N4O/c1-31-25-11-10-22-8-5-9-24(26(22)28-25)30-14-12-29(13-15-30)19-20-16-23(18-27-17-20)21-6-3-2-4-7-21/h2-11,16-18H,12-15,19H2,1H3. The third-order valence-corrected chi connectivity index (χ3v) is 5.90. The third kappa shape index (κ3) is 4.23. The Labute approximate surface area is 182 Å². The van der Waals surface area contributed by atoms with Gasteiger partial charge in [-0.3, -0.25) is 9.88 Å². The van der Waals surface area contributed by atoms with Crippen molar-refractivity contribution in [1.82, 2.24) is 14.9 Å². The summed E-state index contributed by atoms with van der Waals surface area (Å²) in [6, 6.07) is 23.1. The van der Waals surface area contributed by atoms with Crippen LogP contribution in [0.1, 0.15) is 5.56 Å². The quantitative estimate of drug-likeness (QED) is 0.480. The number of methoxy groups -OCH3 is 1. The number of nitrogens with zero attached hydrogens (tertiary/aromatic N) is 4. The Balaban J connectivity index is 1.28. The van der Waals surface area contributed by atoms with Gasteiger partial charge in [0, 0.05) is 62.1 Å². The van der Waals surface area contributed by atoms with Gasteiger partial charge in [0.1, 0.15) is 0 Å². The lowest BCUT2D eigenvalue weighted by atomic mass is 10.1. The summed E-state index contributed by atoms with van der Waals surface area (Å²) in [7, 11) is 1.66. The average Bonchev–Trinajstić information content (AvgIpc) is 2.84. The minimum Gasteiger partial charge on any atom is -0.481 e. The first-order chi connectivity index (χ1) is 15.3. The minimum absolute atomic E-state index is 0.657. The third-order valence-electron chi connectivity index (χ3n) is 5.90. The molecule has 0 radical (unpaired) electrons. The van der Waals surface area contributed by atoms with Gasteiger partial charge in [0.25, 0.3) is 0 Å². The van der Waals surface area contributed by atoms with Crippen LogP contribution >= 0.6 is 0 Å². The molecule has 0 N–H and O–H groups in total. The van der Waals surface area contributed by atoms with Crippen LogP contribution in [0.2, 0.25) is 0 Å². The van der Waals surface area contributed by atoms with Crippen molar-refractivity contribution in [2.24, 2.45) is 0 Å². The minimum atomic E-state index is 0.657. The summed E-state index contributed by atoms with van der Waals surface area (Å²) in [6.07, 6.45) is 3.93. The van der Waals surface area contributed by atoms with Gasteiger partial charge in [0.2, 0.25) is 5.88 Å². The molecule has 1 saturated heterocycles. The van der Waals surface area contributed by atoms with Crippen molar-refractivity contribution in [1.29, 1.82) is 0 Å². The normalized spacial score (nSPS) is 14.7. The summed E-state index contributed by atoms with van der Waals surface area (Å²) in [6.45, 7) is 4.89. The van der Waals surface area contributed by atoms with Crippen molar-refractivity contribution >= 4 is 16.6 Å². The zero-order valence-electron chi connectivity index (χ0n) is 17.7. The Morgan fingerprint density at radius 2 is 1.68 bits per heavy atom. The Kier molecular flexibility index (Phi) is 5.50. The van der Waals surface area contributed by atoms with E-state index in [0.717, 1.165) is 43.6 Å². The van der Waals surface area contributed by atoms with Crippen LogP contribution in [0.4, 0.5) is 5.69 Å². The fourth-order valence-corrected chi connectivity index (χ4v) is 4.25. The van der Waals surface area contributed by atoms with E-state index in [0.29, 0.717) is 5.88 Å². The van der Waals surface area contributed by atoms with Crippen LogP contribution in [0.3, 0.4) is 0 Å². The Hall–Kier alpha value is -3.44. The Morgan fingerprint density at radius 3 is 2.48 bits per heavy atom. The molecule has 5 heteroatoms. The van der Waals surface area contributed by atoms with Crippen LogP contribution in [-0.2, 0) is 6.54 Å². The second kappa shape index (κ2) is 8.74. The molecule has 1 fully saturated rings. The molecule has 156 valence electrons. The average molecular weight is 411 g/mol. The predicted molar refractivity (Wildman–Crippen MR) is 125 cm³/mol. The van der Waals surface area contributed by atoms with Gasteiger partial charge < -0.3 is 9.64 Å². The zero-order valence-corrected chi connectivity index (χ0v) is 17.7. The van der Waals surface area contributed by atoms with Crippen molar-refractivity contribution < 1.29 is 4.74 Å². The monoisotopic (exact) mass is 410 g/mol. The van der Waals surface area contributed by atoms with E-state index in [9.17, 15) is 0 Å². The summed E-state index contributed by atoms with van der Waals surface area (Å²) in [5.41, 5.74) is 5.83. The molecule has 5 nitrogen and oxygen atoms in total. The van der Waals surface area contributed by atoms with E-state index in [1.54, 1.807) is 7.11 Å². The van der Waals surface area contributed by atoms with Crippen LogP contribution in [0.15, 0.2) is 79.1 Å². The number of benzene rings is 2. The number of piperazine rings is 1. The van der Waals surface area contributed by atoms with Crippen LogP contribution in [0.5, 0.6) is 5.88 Å². The van der Waals surface area contributed by atoms with Crippen LogP contribution < -0.4 is 9.64 Å². The number of fused-ring (bicyclic) bond motifs is 1. The summed E-state index contributed by atoms with van der Waals surface area (Å²) in [5.74, 6) is 0.657. The molecule has 0 spiro atoms. The van der Waals surface area contributed by atoms with Crippen LogP contribution in [0.25, 0.3) is 22.0 Å². The van der Waals surface area contributed by atoms with E-state index in [2.05, 4.69) is 69.4 Å². The number of pyridine rings is 2. The highest BCUT2D eigenvalue weighted by molar-refractivity contribution is 5.91. The van der Waals surface area contributed by atoms with Crippen molar-refractivity contribution in [2.75, 3.05) is 38.2 Å². The number of para-hydroxylation sites is 1. The predicted octanol–water partition coefficient (Wildman–Crippen LogP) is 4.63. The molecular formula is C26H26N4O. The maximum atomic E-state index is 5.35. The van der Waals surface area contributed by atoms with E-state index < -0.39 is 0 Å². The van der Waals surface area contributed by atoms with Crippen molar-refractivity contribution in [2.45, 2.75) is 6.54 Å². The van der Waals surface area contributed by atoms with Gasteiger partial charge in [0.15, 0.2) is 0 Å². The van der Waals surface area contributed by atoms with Gasteiger partial charge in [0.05, 0.1) is 18.3 Å². The molecule has 2 aromatic carbocycles. The Bertz CT molecular complexity index is 1170. The topological polar surface area (TPSA) is 41.5 Å². The SMILES string of the molecule is COc1ccc2cccc(N3CCN(Cc4cncc(-c5ccccc5)c4)CC3)c2n1. The first-order valence-electron chi connectivity index (χ1n) is 10.7. The molecule has 1 aliphatic rings. The molecule has 3 heterocycles. The molecule has 1 aliphatic heterocycles. The van der Waals surface area contributed by atoms with Gasteiger partial charge >= 0.3 is 0 Å². The molecule has 4 aromatic rings. The van der Waals surface area contributed by atoms with Gasteiger partial charge in [-0.1, -0.05) is 42.5 Å². The number of hydrogen-bond acceptors (Lipinski definition) is 5.